The van der Waals surface area contributed by atoms with E-state index in [1.807, 2.05) is 11.8 Å². The molecule has 2 fully saturated rings. The number of thiophene rings is 1. The maximum Gasteiger partial charge on any atom is 0.252 e. The fraction of sp³-hybridized carbons (Fsp3) is 0.688. The largest absolute Gasteiger partial charge is 0.337 e. The van der Waals surface area contributed by atoms with Gasteiger partial charge in [0.15, 0.2) is 0 Å². The molecule has 1 aromatic heterocycles. The monoisotopic (exact) mass is 371 g/mol. The van der Waals surface area contributed by atoms with Crippen molar-refractivity contribution in [2.45, 2.75) is 42.9 Å². The third kappa shape index (κ3) is 3.82. The number of hydrogen-bond acceptors (Lipinski definition) is 5. The molecule has 134 valence electrons. The Hall–Kier alpha value is -0.960. The molecular formula is C16H25N3O3S2. The second-order valence-corrected chi connectivity index (χ2v) is 9.84. The fourth-order valence-corrected chi connectivity index (χ4v) is 6.30. The van der Waals surface area contributed by atoms with Crippen molar-refractivity contribution in [3.8, 4) is 0 Å². The van der Waals surface area contributed by atoms with E-state index in [0.29, 0.717) is 23.8 Å². The minimum Gasteiger partial charge on any atom is -0.337 e. The van der Waals surface area contributed by atoms with Crippen LogP contribution < -0.4 is 5.32 Å². The lowest BCUT2D eigenvalue weighted by Gasteiger charge is -2.34. The van der Waals surface area contributed by atoms with Gasteiger partial charge in [0.1, 0.15) is 4.21 Å². The summed E-state index contributed by atoms with van der Waals surface area (Å²) in [6.07, 6.45) is 3.23. The SMILES string of the molecule is CC1CNCCN1C(=O)Cc1ccc(S(=O)(=O)N2CCCCC2)s1. The predicted octanol–water partition coefficient (Wildman–Crippen LogP) is 1.29. The lowest BCUT2D eigenvalue weighted by molar-refractivity contribution is -0.133. The van der Waals surface area contributed by atoms with Gasteiger partial charge in [-0.3, -0.25) is 4.79 Å². The van der Waals surface area contributed by atoms with E-state index in [4.69, 9.17) is 0 Å². The minimum atomic E-state index is -3.40. The van der Waals surface area contributed by atoms with Crippen LogP contribution in [-0.2, 0) is 21.2 Å². The molecule has 1 N–H and O–H groups in total. The number of carbonyl (C=O) groups excluding carboxylic acids is 1. The molecule has 2 saturated heterocycles. The molecule has 24 heavy (non-hydrogen) atoms. The van der Waals surface area contributed by atoms with Gasteiger partial charge >= 0.3 is 0 Å². The van der Waals surface area contributed by atoms with Crippen LogP contribution in [0.15, 0.2) is 16.3 Å². The van der Waals surface area contributed by atoms with Gasteiger partial charge in [0.25, 0.3) is 10.0 Å². The lowest BCUT2D eigenvalue weighted by atomic mass is 10.2. The van der Waals surface area contributed by atoms with Crippen LogP contribution in [0.5, 0.6) is 0 Å². The molecule has 1 atom stereocenters. The van der Waals surface area contributed by atoms with Crippen LogP contribution in [0.4, 0.5) is 0 Å². The summed E-state index contributed by atoms with van der Waals surface area (Å²) >= 11 is 1.23. The van der Waals surface area contributed by atoms with E-state index < -0.39 is 10.0 Å². The van der Waals surface area contributed by atoms with Gasteiger partial charge in [0, 0.05) is 43.6 Å². The van der Waals surface area contributed by atoms with Crippen LogP contribution in [0.3, 0.4) is 0 Å². The van der Waals surface area contributed by atoms with Crippen molar-refractivity contribution < 1.29 is 13.2 Å². The molecule has 1 unspecified atom stereocenters. The third-order valence-electron chi connectivity index (χ3n) is 4.69. The number of nitrogens with one attached hydrogen (secondary N) is 1. The van der Waals surface area contributed by atoms with Gasteiger partial charge in [-0.05, 0) is 31.9 Å². The highest BCUT2D eigenvalue weighted by atomic mass is 32.2. The highest BCUT2D eigenvalue weighted by molar-refractivity contribution is 7.91. The van der Waals surface area contributed by atoms with Crippen molar-refractivity contribution >= 4 is 27.3 Å². The number of carbonyl (C=O) groups is 1. The first-order chi connectivity index (χ1) is 11.5. The molecule has 1 aromatic rings. The number of piperazine rings is 1. The van der Waals surface area contributed by atoms with E-state index >= 15 is 0 Å². The summed E-state index contributed by atoms with van der Waals surface area (Å²) in [4.78, 5) is 15.2. The Morgan fingerprint density at radius 2 is 2.00 bits per heavy atom. The Kier molecular flexibility index (Phi) is 5.59. The molecule has 3 rings (SSSR count). The van der Waals surface area contributed by atoms with Gasteiger partial charge in [-0.2, -0.15) is 4.31 Å². The zero-order valence-corrected chi connectivity index (χ0v) is 15.7. The van der Waals surface area contributed by atoms with Gasteiger partial charge in [-0.25, -0.2) is 8.42 Å². The van der Waals surface area contributed by atoms with Crippen LogP contribution >= 0.6 is 11.3 Å². The molecule has 2 aliphatic rings. The normalized spacial score (nSPS) is 23.4. The topological polar surface area (TPSA) is 69.7 Å². The Bertz CT molecular complexity index is 680. The number of hydrogen-bond donors (Lipinski definition) is 1. The van der Waals surface area contributed by atoms with Gasteiger partial charge < -0.3 is 10.2 Å². The van der Waals surface area contributed by atoms with Crippen LogP contribution in [-0.4, -0.2) is 62.3 Å². The van der Waals surface area contributed by atoms with Crippen molar-refractivity contribution in [3.63, 3.8) is 0 Å². The first-order valence-electron chi connectivity index (χ1n) is 8.57. The van der Waals surface area contributed by atoms with E-state index in [-0.39, 0.29) is 18.4 Å². The van der Waals surface area contributed by atoms with Crippen LogP contribution in [0.2, 0.25) is 0 Å². The Labute approximate surface area is 147 Å². The summed E-state index contributed by atoms with van der Waals surface area (Å²) in [5.74, 6) is 0.0766. The Balaban J connectivity index is 1.67. The first kappa shape index (κ1) is 17.8. The summed E-state index contributed by atoms with van der Waals surface area (Å²) in [6, 6.07) is 3.62. The van der Waals surface area contributed by atoms with Crippen molar-refractivity contribution in [2.24, 2.45) is 0 Å². The fourth-order valence-electron chi connectivity index (χ4n) is 3.29. The smallest absolute Gasteiger partial charge is 0.252 e. The van der Waals surface area contributed by atoms with E-state index in [0.717, 1.165) is 37.2 Å². The standard InChI is InChI=1S/C16H25N3O3S2/c1-13-12-17-7-10-19(13)15(20)11-14-5-6-16(23-14)24(21,22)18-8-3-2-4-9-18/h5-6,13,17H,2-4,7-12H2,1H3. The zero-order valence-electron chi connectivity index (χ0n) is 14.0. The highest BCUT2D eigenvalue weighted by Crippen LogP contribution is 2.27. The molecule has 0 radical (unpaired) electrons. The van der Waals surface area contributed by atoms with E-state index in [9.17, 15) is 13.2 Å². The second-order valence-electron chi connectivity index (χ2n) is 6.50. The first-order valence-corrected chi connectivity index (χ1v) is 10.8. The molecule has 8 heteroatoms. The molecule has 1 amide bonds. The zero-order chi connectivity index (χ0) is 17.2. The quantitative estimate of drug-likeness (QED) is 0.866. The molecule has 6 nitrogen and oxygen atoms in total. The van der Waals surface area contributed by atoms with Crippen molar-refractivity contribution in [1.29, 1.82) is 0 Å². The number of amides is 1. The molecule has 3 heterocycles. The number of rotatable bonds is 4. The van der Waals surface area contributed by atoms with E-state index in [1.54, 1.807) is 16.4 Å². The summed E-state index contributed by atoms with van der Waals surface area (Å²) in [5, 5.41) is 3.27. The summed E-state index contributed by atoms with van der Waals surface area (Å²) in [5.41, 5.74) is 0. The van der Waals surface area contributed by atoms with Crippen LogP contribution in [0.25, 0.3) is 0 Å². The Morgan fingerprint density at radius 1 is 1.25 bits per heavy atom. The average molecular weight is 372 g/mol. The second kappa shape index (κ2) is 7.51. The van der Waals surface area contributed by atoms with E-state index in [2.05, 4.69) is 5.32 Å². The molecule has 0 aromatic carbocycles. The van der Waals surface area contributed by atoms with Crippen LogP contribution in [0.1, 0.15) is 31.1 Å². The molecular weight excluding hydrogens is 346 g/mol. The van der Waals surface area contributed by atoms with Crippen molar-refractivity contribution in [3.05, 3.63) is 17.0 Å². The Morgan fingerprint density at radius 3 is 2.71 bits per heavy atom. The highest BCUT2D eigenvalue weighted by Gasteiger charge is 2.28. The summed E-state index contributed by atoms with van der Waals surface area (Å²) < 4.78 is 27.3. The van der Waals surface area contributed by atoms with Crippen molar-refractivity contribution in [1.82, 2.24) is 14.5 Å². The maximum atomic E-state index is 12.7. The number of piperidine rings is 1. The molecule has 0 spiro atoms. The number of nitrogens with zero attached hydrogens (tertiary/aromatic N) is 2. The summed E-state index contributed by atoms with van der Waals surface area (Å²) in [7, 11) is -3.40. The van der Waals surface area contributed by atoms with Crippen molar-refractivity contribution in [2.75, 3.05) is 32.7 Å². The lowest BCUT2D eigenvalue weighted by Crippen LogP contribution is -2.52. The molecule has 0 bridgehead atoms. The predicted molar refractivity (Wildman–Crippen MR) is 94.7 cm³/mol. The van der Waals surface area contributed by atoms with Crippen LogP contribution in [0, 0.1) is 0 Å². The van der Waals surface area contributed by atoms with Gasteiger partial charge in [0.2, 0.25) is 5.91 Å². The maximum absolute atomic E-state index is 12.7. The van der Waals surface area contributed by atoms with Gasteiger partial charge in [-0.1, -0.05) is 6.42 Å². The average Bonchev–Trinajstić information content (AvgIpc) is 3.05. The minimum absolute atomic E-state index is 0.0766. The van der Waals surface area contributed by atoms with Gasteiger partial charge in [0.05, 0.1) is 6.42 Å². The molecule has 0 aliphatic carbocycles. The number of sulfonamides is 1. The third-order valence-corrected chi connectivity index (χ3v) is 8.14. The van der Waals surface area contributed by atoms with E-state index in [1.165, 1.54) is 11.3 Å². The molecule has 2 aliphatic heterocycles. The summed E-state index contributed by atoms with van der Waals surface area (Å²) in [6.45, 7) is 5.58. The van der Waals surface area contributed by atoms with Gasteiger partial charge in [-0.15, -0.1) is 11.3 Å². The molecule has 0 saturated carbocycles.